The first-order valence-corrected chi connectivity index (χ1v) is 6.30. The van der Waals surface area contributed by atoms with Gasteiger partial charge in [-0.25, -0.2) is 4.98 Å². The predicted octanol–water partition coefficient (Wildman–Crippen LogP) is 2.76. The Bertz CT molecular complexity index is 615. The first-order chi connectivity index (χ1) is 8.46. The number of hydrogen-bond donors (Lipinski definition) is 1. The van der Waals surface area contributed by atoms with E-state index in [1.54, 1.807) is 6.20 Å². The third-order valence-corrected chi connectivity index (χ3v) is 3.64. The monoisotopic (exact) mass is 262 g/mol. The minimum atomic E-state index is 0.253. The van der Waals surface area contributed by atoms with Crippen molar-refractivity contribution in [3.63, 3.8) is 0 Å². The van der Waals surface area contributed by atoms with Gasteiger partial charge in [0.1, 0.15) is 5.82 Å². The van der Waals surface area contributed by atoms with E-state index in [-0.39, 0.29) is 5.41 Å². The van der Waals surface area contributed by atoms with Gasteiger partial charge >= 0.3 is 0 Å². The number of rotatable bonds is 1. The molecule has 1 aliphatic heterocycles. The summed E-state index contributed by atoms with van der Waals surface area (Å²) in [6.45, 7) is 5.43. The Morgan fingerprint density at radius 2 is 2.11 bits per heavy atom. The molecule has 0 unspecified atom stereocenters. The van der Waals surface area contributed by atoms with Gasteiger partial charge in [-0.2, -0.15) is 5.10 Å². The zero-order valence-corrected chi connectivity index (χ0v) is 11.2. The van der Waals surface area contributed by atoms with E-state index in [1.807, 2.05) is 12.3 Å². The number of nitrogens with two attached hydrogens (primary N) is 1. The molecule has 0 fully saturated rings. The Morgan fingerprint density at radius 1 is 1.33 bits per heavy atom. The molecular formula is C13H15ClN4. The summed E-state index contributed by atoms with van der Waals surface area (Å²) in [7, 11) is 0. The molecule has 2 aromatic rings. The second-order valence-electron chi connectivity index (χ2n) is 5.59. The Kier molecular flexibility index (Phi) is 2.38. The summed E-state index contributed by atoms with van der Waals surface area (Å²) in [6, 6.07) is 1.81. The SMILES string of the molecule is CC1(C)Cc2c(-c3cc(N)ncc3Cl)cnn2C1. The van der Waals surface area contributed by atoms with Crippen LogP contribution in [0.1, 0.15) is 19.5 Å². The summed E-state index contributed by atoms with van der Waals surface area (Å²) < 4.78 is 2.06. The summed E-state index contributed by atoms with van der Waals surface area (Å²) in [5, 5.41) is 5.05. The van der Waals surface area contributed by atoms with Gasteiger partial charge in [0.05, 0.1) is 11.2 Å². The van der Waals surface area contributed by atoms with Gasteiger partial charge in [-0.05, 0) is 17.9 Å². The van der Waals surface area contributed by atoms with Crippen LogP contribution in [0, 0.1) is 5.41 Å². The van der Waals surface area contributed by atoms with E-state index in [0.29, 0.717) is 10.8 Å². The van der Waals surface area contributed by atoms with Crippen molar-refractivity contribution in [3.8, 4) is 11.1 Å². The number of nitrogens with zero attached hydrogens (tertiary/aromatic N) is 3. The molecule has 94 valence electrons. The lowest BCUT2D eigenvalue weighted by Gasteiger charge is -2.14. The molecule has 0 atom stereocenters. The largest absolute Gasteiger partial charge is 0.384 e. The Morgan fingerprint density at radius 3 is 2.89 bits per heavy atom. The molecule has 2 N–H and O–H groups in total. The van der Waals surface area contributed by atoms with Crippen LogP contribution in [0.5, 0.6) is 0 Å². The fraction of sp³-hybridized carbons (Fsp3) is 0.385. The third kappa shape index (κ3) is 1.77. The molecule has 0 radical (unpaired) electrons. The minimum Gasteiger partial charge on any atom is -0.384 e. The first-order valence-electron chi connectivity index (χ1n) is 5.92. The van der Waals surface area contributed by atoms with E-state index < -0.39 is 0 Å². The summed E-state index contributed by atoms with van der Waals surface area (Å²) in [4.78, 5) is 3.99. The molecule has 2 aromatic heterocycles. The molecule has 0 aliphatic carbocycles. The zero-order valence-electron chi connectivity index (χ0n) is 10.4. The van der Waals surface area contributed by atoms with Gasteiger partial charge in [0.25, 0.3) is 0 Å². The van der Waals surface area contributed by atoms with Crippen LogP contribution in [-0.4, -0.2) is 14.8 Å². The van der Waals surface area contributed by atoms with Crippen molar-refractivity contribution >= 4 is 17.4 Å². The van der Waals surface area contributed by atoms with Gasteiger partial charge in [-0.3, -0.25) is 4.68 Å². The Balaban J connectivity index is 2.13. The van der Waals surface area contributed by atoms with E-state index in [9.17, 15) is 0 Å². The van der Waals surface area contributed by atoms with Crippen LogP contribution >= 0.6 is 11.6 Å². The number of hydrogen-bond acceptors (Lipinski definition) is 3. The lowest BCUT2D eigenvalue weighted by molar-refractivity contribution is 0.347. The van der Waals surface area contributed by atoms with Gasteiger partial charge in [0.15, 0.2) is 0 Å². The van der Waals surface area contributed by atoms with Gasteiger partial charge in [-0.15, -0.1) is 0 Å². The molecular weight excluding hydrogens is 248 g/mol. The van der Waals surface area contributed by atoms with Gasteiger partial charge < -0.3 is 5.73 Å². The second kappa shape index (κ2) is 3.72. The van der Waals surface area contributed by atoms with Gasteiger partial charge in [0, 0.05) is 29.6 Å². The maximum atomic E-state index is 6.21. The number of halogens is 1. The molecule has 0 aromatic carbocycles. The molecule has 4 nitrogen and oxygen atoms in total. The molecule has 0 spiro atoms. The fourth-order valence-corrected chi connectivity index (χ4v) is 2.74. The number of pyridine rings is 1. The average Bonchev–Trinajstić information content (AvgIpc) is 2.77. The van der Waals surface area contributed by atoms with E-state index in [2.05, 4.69) is 28.6 Å². The highest BCUT2D eigenvalue weighted by Gasteiger charge is 2.31. The molecule has 0 saturated carbocycles. The van der Waals surface area contributed by atoms with Crippen LogP contribution in [0.4, 0.5) is 5.82 Å². The van der Waals surface area contributed by atoms with Crippen LogP contribution in [0.25, 0.3) is 11.1 Å². The normalized spacial score (nSPS) is 16.8. The van der Waals surface area contributed by atoms with Crippen molar-refractivity contribution in [2.75, 3.05) is 5.73 Å². The van der Waals surface area contributed by atoms with Crippen LogP contribution in [0.15, 0.2) is 18.5 Å². The highest BCUT2D eigenvalue weighted by atomic mass is 35.5. The van der Waals surface area contributed by atoms with Gasteiger partial charge in [-0.1, -0.05) is 25.4 Å². The maximum Gasteiger partial charge on any atom is 0.124 e. The topological polar surface area (TPSA) is 56.7 Å². The highest BCUT2D eigenvalue weighted by molar-refractivity contribution is 6.33. The zero-order chi connectivity index (χ0) is 12.9. The fourth-order valence-electron chi connectivity index (χ4n) is 2.53. The molecule has 0 bridgehead atoms. The summed E-state index contributed by atoms with van der Waals surface area (Å²) in [5.74, 6) is 0.478. The number of nitrogen functional groups attached to an aromatic ring is 1. The summed E-state index contributed by atoms with van der Waals surface area (Å²) >= 11 is 6.21. The lowest BCUT2D eigenvalue weighted by atomic mass is 9.89. The summed E-state index contributed by atoms with van der Waals surface area (Å²) in [6.07, 6.45) is 4.46. The van der Waals surface area contributed by atoms with Crippen LogP contribution in [0.2, 0.25) is 5.02 Å². The van der Waals surface area contributed by atoms with Crippen molar-refractivity contribution in [2.24, 2.45) is 5.41 Å². The predicted molar refractivity (Wildman–Crippen MR) is 72.4 cm³/mol. The number of aromatic nitrogens is 3. The Hall–Kier alpha value is -1.55. The quantitative estimate of drug-likeness (QED) is 0.860. The molecule has 5 heteroatoms. The van der Waals surface area contributed by atoms with E-state index >= 15 is 0 Å². The molecule has 1 aliphatic rings. The van der Waals surface area contributed by atoms with Crippen molar-refractivity contribution in [1.82, 2.24) is 14.8 Å². The van der Waals surface area contributed by atoms with Crippen molar-refractivity contribution in [2.45, 2.75) is 26.8 Å². The molecule has 3 heterocycles. The number of fused-ring (bicyclic) bond motifs is 1. The standard InChI is InChI=1S/C13H15ClN4/c1-13(2)4-11-9(5-17-18(11)7-13)8-3-12(15)16-6-10(8)14/h3,5-6H,4,7H2,1-2H3,(H2,15,16). The maximum absolute atomic E-state index is 6.21. The lowest BCUT2D eigenvalue weighted by Crippen LogP contribution is -2.12. The van der Waals surface area contributed by atoms with E-state index in [4.69, 9.17) is 17.3 Å². The highest BCUT2D eigenvalue weighted by Crippen LogP contribution is 2.39. The van der Waals surface area contributed by atoms with Crippen LogP contribution in [0.3, 0.4) is 0 Å². The molecule has 3 rings (SSSR count). The first kappa shape index (κ1) is 11.5. The van der Waals surface area contributed by atoms with E-state index in [0.717, 1.165) is 24.1 Å². The van der Waals surface area contributed by atoms with Crippen molar-refractivity contribution in [3.05, 3.63) is 29.2 Å². The smallest absolute Gasteiger partial charge is 0.124 e. The van der Waals surface area contributed by atoms with Crippen molar-refractivity contribution < 1.29 is 0 Å². The van der Waals surface area contributed by atoms with Crippen molar-refractivity contribution in [1.29, 1.82) is 0 Å². The summed E-state index contributed by atoms with van der Waals surface area (Å²) in [5.41, 5.74) is 9.21. The molecule has 0 saturated heterocycles. The number of anilines is 1. The second-order valence-corrected chi connectivity index (χ2v) is 6.00. The third-order valence-electron chi connectivity index (χ3n) is 3.34. The average molecular weight is 263 g/mol. The molecule has 18 heavy (non-hydrogen) atoms. The van der Waals surface area contributed by atoms with Crippen LogP contribution in [-0.2, 0) is 13.0 Å². The van der Waals surface area contributed by atoms with Gasteiger partial charge in [0.2, 0.25) is 0 Å². The van der Waals surface area contributed by atoms with E-state index in [1.165, 1.54) is 5.69 Å². The Labute approximate surface area is 111 Å². The van der Waals surface area contributed by atoms with Crippen LogP contribution < -0.4 is 5.73 Å². The minimum absolute atomic E-state index is 0.253. The molecule has 0 amide bonds.